The number of carbonyl (C=O) groups is 2. The maximum Gasteiger partial charge on any atom is 0.410 e. The first-order valence-corrected chi connectivity index (χ1v) is 10.8. The summed E-state index contributed by atoms with van der Waals surface area (Å²) in [6.07, 6.45) is 9.42. The van der Waals surface area contributed by atoms with Crippen LogP contribution in [0.4, 0.5) is 4.79 Å². The molecular formula is C22H33N3O4. The van der Waals surface area contributed by atoms with E-state index in [1.165, 1.54) is 0 Å². The highest BCUT2D eigenvalue weighted by Gasteiger charge is 2.53. The predicted octanol–water partition coefficient (Wildman–Crippen LogP) is 3.00. The Hall–Kier alpha value is -1.89. The highest BCUT2D eigenvalue weighted by atomic mass is 16.6. The van der Waals surface area contributed by atoms with Gasteiger partial charge < -0.3 is 19.3 Å². The molecule has 3 fully saturated rings. The molecule has 0 bridgehead atoms. The Morgan fingerprint density at radius 2 is 2.10 bits per heavy atom. The molecule has 4 aliphatic rings. The Labute approximate surface area is 173 Å². The van der Waals surface area contributed by atoms with Gasteiger partial charge in [0.05, 0.1) is 18.2 Å². The fourth-order valence-corrected chi connectivity index (χ4v) is 5.12. The molecule has 3 atom stereocenters. The Balaban J connectivity index is 1.32. The summed E-state index contributed by atoms with van der Waals surface area (Å²) in [5, 5.41) is 0. The van der Waals surface area contributed by atoms with Gasteiger partial charge in [0.15, 0.2) is 0 Å². The molecule has 7 heteroatoms. The number of amides is 1. The molecule has 29 heavy (non-hydrogen) atoms. The molecule has 1 spiro atoms. The van der Waals surface area contributed by atoms with E-state index in [0.717, 1.165) is 38.8 Å². The zero-order valence-corrected chi connectivity index (χ0v) is 17.8. The van der Waals surface area contributed by atoms with Gasteiger partial charge in [-0.25, -0.2) is 4.79 Å². The Kier molecular flexibility index (Phi) is 5.44. The molecule has 0 aromatic carbocycles. The predicted molar refractivity (Wildman–Crippen MR) is 110 cm³/mol. The van der Waals surface area contributed by atoms with E-state index < -0.39 is 5.60 Å². The Morgan fingerprint density at radius 1 is 1.34 bits per heavy atom. The summed E-state index contributed by atoms with van der Waals surface area (Å²) in [6, 6.07) is 0. The second-order valence-corrected chi connectivity index (χ2v) is 9.97. The zero-order valence-electron chi connectivity index (χ0n) is 17.8. The van der Waals surface area contributed by atoms with Crippen molar-refractivity contribution in [3.05, 3.63) is 12.4 Å². The van der Waals surface area contributed by atoms with Gasteiger partial charge in [-0.1, -0.05) is 0 Å². The third kappa shape index (κ3) is 4.65. The van der Waals surface area contributed by atoms with Gasteiger partial charge >= 0.3 is 6.09 Å². The normalized spacial score (nSPS) is 31.3. The van der Waals surface area contributed by atoms with Gasteiger partial charge in [0.25, 0.3) is 0 Å². The molecule has 2 saturated heterocycles. The number of aliphatic imine (C=N–C) groups is 1. The van der Waals surface area contributed by atoms with Crippen molar-refractivity contribution in [2.24, 2.45) is 16.8 Å². The van der Waals surface area contributed by atoms with Crippen molar-refractivity contribution in [2.75, 3.05) is 26.2 Å². The minimum atomic E-state index is -0.484. The molecule has 4 rings (SSSR count). The molecule has 0 aromatic heterocycles. The summed E-state index contributed by atoms with van der Waals surface area (Å²) in [5.74, 6) is 0.710. The van der Waals surface area contributed by atoms with Crippen molar-refractivity contribution in [3.63, 3.8) is 0 Å². The van der Waals surface area contributed by atoms with Crippen LogP contribution in [0.25, 0.3) is 0 Å². The van der Waals surface area contributed by atoms with E-state index >= 15 is 0 Å². The van der Waals surface area contributed by atoms with Gasteiger partial charge in [0.2, 0.25) is 0 Å². The molecule has 1 amide bonds. The maximum absolute atomic E-state index is 12.9. The molecule has 1 saturated carbocycles. The molecule has 1 aliphatic carbocycles. The number of nitrogens with zero attached hydrogens (tertiary/aromatic N) is 3. The standard InChI is InChI=1S/C22H33N3O4/c1-21(2,3)29-20(27)25-8-4-22(5-9-25)14-17-18(26)12-16(13-19(17)28-22)15-24-10-6-23-7-11-24/h6-7,10,16-17,19H,4-5,8-9,11-15H2,1-3H3. The molecule has 0 N–H and O–H groups in total. The molecule has 7 nitrogen and oxygen atoms in total. The number of ketones is 1. The van der Waals surface area contributed by atoms with Gasteiger partial charge in [-0.05, 0) is 52.4 Å². The van der Waals surface area contributed by atoms with Crippen LogP contribution < -0.4 is 0 Å². The van der Waals surface area contributed by atoms with Crippen LogP contribution in [0.2, 0.25) is 0 Å². The van der Waals surface area contributed by atoms with E-state index in [9.17, 15) is 9.59 Å². The largest absolute Gasteiger partial charge is 0.444 e. The van der Waals surface area contributed by atoms with E-state index in [1.54, 1.807) is 11.1 Å². The monoisotopic (exact) mass is 403 g/mol. The molecule has 0 aromatic rings. The number of piperidine rings is 1. The number of Topliss-reactive ketones (excluding diaryl/α,β-unsaturated/α-hetero) is 1. The lowest BCUT2D eigenvalue weighted by atomic mass is 9.75. The Morgan fingerprint density at radius 3 is 2.76 bits per heavy atom. The highest BCUT2D eigenvalue weighted by molar-refractivity contribution is 5.83. The molecular weight excluding hydrogens is 370 g/mol. The average Bonchev–Trinajstić information content (AvgIpc) is 3.00. The van der Waals surface area contributed by atoms with Crippen LogP contribution in [-0.2, 0) is 14.3 Å². The number of ether oxygens (including phenoxy) is 2. The summed E-state index contributed by atoms with van der Waals surface area (Å²) in [4.78, 5) is 33.3. The number of hydrogen-bond donors (Lipinski definition) is 0. The number of likely N-dealkylation sites (tertiary alicyclic amines) is 1. The smallest absolute Gasteiger partial charge is 0.410 e. The minimum Gasteiger partial charge on any atom is -0.444 e. The zero-order chi connectivity index (χ0) is 20.6. The molecule has 160 valence electrons. The lowest BCUT2D eigenvalue weighted by Crippen LogP contribution is -2.48. The number of carbonyl (C=O) groups excluding carboxylic acids is 2. The molecule has 0 radical (unpaired) electrons. The van der Waals surface area contributed by atoms with E-state index in [0.29, 0.717) is 31.2 Å². The maximum atomic E-state index is 12.9. The lowest BCUT2D eigenvalue weighted by Gasteiger charge is -2.39. The fourth-order valence-electron chi connectivity index (χ4n) is 5.12. The molecule has 3 aliphatic heterocycles. The van der Waals surface area contributed by atoms with Crippen LogP contribution in [0.1, 0.15) is 52.9 Å². The van der Waals surface area contributed by atoms with Gasteiger partial charge in [0.1, 0.15) is 11.4 Å². The van der Waals surface area contributed by atoms with Crippen molar-refractivity contribution in [1.29, 1.82) is 0 Å². The third-order valence-electron chi connectivity index (χ3n) is 6.52. The summed E-state index contributed by atoms with van der Waals surface area (Å²) < 4.78 is 12.0. The first-order valence-electron chi connectivity index (χ1n) is 10.8. The van der Waals surface area contributed by atoms with Crippen LogP contribution >= 0.6 is 0 Å². The molecule has 3 unspecified atom stereocenters. The van der Waals surface area contributed by atoms with Crippen LogP contribution in [0.15, 0.2) is 17.4 Å². The third-order valence-corrected chi connectivity index (χ3v) is 6.52. The second-order valence-electron chi connectivity index (χ2n) is 9.97. The van der Waals surface area contributed by atoms with Crippen molar-refractivity contribution in [2.45, 2.75) is 70.2 Å². The van der Waals surface area contributed by atoms with E-state index in [4.69, 9.17) is 9.47 Å². The van der Waals surface area contributed by atoms with Gasteiger partial charge in [-0.15, -0.1) is 0 Å². The summed E-state index contributed by atoms with van der Waals surface area (Å²) in [6.45, 7) is 8.59. The van der Waals surface area contributed by atoms with Crippen molar-refractivity contribution in [1.82, 2.24) is 9.80 Å². The SMILES string of the molecule is CC(C)(C)OC(=O)N1CCC2(CC1)CC1C(=O)CC(CN3C=CN=CC3)CC1O2. The number of hydrogen-bond acceptors (Lipinski definition) is 6. The molecule has 3 heterocycles. The van der Waals surface area contributed by atoms with Gasteiger partial charge in [0, 0.05) is 50.6 Å². The summed E-state index contributed by atoms with van der Waals surface area (Å²) in [7, 11) is 0. The Bertz CT molecular complexity index is 703. The van der Waals surface area contributed by atoms with Crippen LogP contribution in [0.3, 0.4) is 0 Å². The summed E-state index contributed by atoms with van der Waals surface area (Å²) in [5.41, 5.74) is -0.738. The van der Waals surface area contributed by atoms with E-state index in [1.807, 2.05) is 33.2 Å². The second kappa shape index (κ2) is 7.74. The number of fused-ring (bicyclic) bond motifs is 1. The fraction of sp³-hybridized carbons (Fsp3) is 0.773. The van der Waals surface area contributed by atoms with Crippen LogP contribution in [-0.4, -0.2) is 71.4 Å². The quantitative estimate of drug-likeness (QED) is 0.709. The minimum absolute atomic E-state index is 0.0248. The highest BCUT2D eigenvalue weighted by Crippen LogP contribution is 2.47. The average molecular weight is 404 g/mol. The van der Waals surface area contributed by atoms with Crippen LogP contribution in [0, 0.1) is 11.8 Å². The van der Waals surface area contributed by atoms with Gasteiger partial charge in [-0.2, -0.15) is 0 Å². The van der Waals surface area contributed by atoms with Crippen molar-refractivity contribution < 1.29 is 19.1 Å². The lowest BCUT2D eigenvalue weighted by molar-refractivity contribution is -0.131. The first-order chi connectivity index (χ1) is 13.7. The van der Waals surface area contributed by atoms with E-state index in [-0.39, 0.29) is 23.7 Å². The van der Waals surface area contributed by atoms with Gasteiger partial charge in [-0.3, -0.25) is 9.79 Å². The first kappa shape index (κ1) is 20.4. The van der Waals surface area contributed by atoms with Crippen molar-refractivity contribution >= 4 is 18.1 Å². The van der Waals surface area contributed by atoms with Crippen LogP contribution in [0.5, 0.6) is 0 Å². The van der Waals surface area contributed by atoms with E-state index in [2.05, 4.69) is 9.89 Å². The van der Waals surface area contributed by atoms with Crippen molar-refractivity contribution in [3.8, 4) is 0 Å². The summed E-state index contributed by atoms with van der Waals surface area (Å²) >= 11 is 0. The number of rotatable bonds is 2. The topological polar surface area (TPSA) is 71.4 Å².